The van der Waals surface area contributed by atoms with Gasteiger partial charge in [0, 0.05) is 31.5 Å². The summed E-state index contributed by atoms with van der Waals surface area (Å²) in [5.41, 5.74) is 1.54. The Hall–Kier alpha value is -1.62. The van der Waals surface area contributed by atoms with Crippen LogP contribution >= 0.6 is 0 Å². The first-order chi connectivity index (χ1) is 10.6. The van der Waals surface area contributed by atoms with Gasteiger partial charge in [0.25, 0.3) is 5.91 Å². The van der Waals surface area contributed by atoms with Crippen molar-refractivity contribution in [2.75, 3.05) is 32.5 Å². The van der Waals surface area contributed by atoms with E-state index in [-0.39, 0.29) is 5.91 Å². The molecule has 22 heavy (non-hydrogen) atoms. The molecule has 1 aromatic rings. The van der Waals surface area contributed by atoms with Crippen molar-refractivity contribution < 1.29 is 4.79 Å². The Bertz CT molecular complexity index is 467. The first-order valence-corrected chi connectivity index (χ1v) is 8.29. The fourth-order valence-corrected chi connectivity index (χ4v) is 2.78. The largest absolute Gasteiger partial charge is 0.382 e. The number of carbonyl (C=O) groups excluding carboxylic acids is 1. The van der Waals surface area contributed by atoms with Gasteiger partial charge in [-0.15, -0.1) is 0 Å². The summed E-state index contributed by atoms with van der Waals surface area (Å²) in [5, 5.41) is 6.46. The Balaban J connectivity index is 1.88. The van der Waals surface area contributed by atoms with Crippen molar-refractivity contribution >= 4 is 11.6 Å². The van der Waals surface area contributed by atoms with Gasteiger partial charge in [-0.2, -0.15) is 0 Å². The molecule has 1 fully saturated rings. The highest BCUT2D eigenvalue weighted by molar-refractivity contribution is 5.94. The second kappa shape index (κ2) is 8.73. The molecule has 2 rings (SSSR count). The van der Waals surface area contributed by atoms with Gasteiger partial charge in [0.15, 0.2) is 0 Å². The third kappa shape index (κ3) is 5.64. The van der Waals surface area contributed by atoms with E-state index in [1.165, 1.54) is 25.7 Å². The summed E-state index contributed by atoms with van der Waals surface area (Å²) in [6, 6.07) is 2.20. The van der Waals surface area contributed by atoms with E-state index >= 15 is 0 Å². The molecule has 0 aromatic carbocycles. The number of rotatable bonds is 6. The molecule has 1 aliphatic rings. The van der Waals surface area contributed by atoms with Crippen molar-refractivity contribution in [3.8, 4) is 0 Å². The maximum Gasteiger partial charge on any atom is 0.253 e. The molecule has 0 spiro atoms. The van der Waals surface area contributed by atoms with Gasteiger partial charge in [0.05, 0.1) is 11.3 Å². The van der Waals surface area contributed by atoms with Crippen molar-refractivity contribution in [3.05, 3.63) is 24.0 Å². The molecule has 5 heteroatoms. The van der Waals surface area contributed by atoms with E-state index in [0.717, 1.165) is 31.6 Å². The number of nitrogens with one attached hydrogen (secondary N) is 2. The van der Waals surface area contributed by atoms with Gasteiger partial charge in [0.2, 0.25) is 0 Å². The maximum atomic E-state index is 12.4. The molecule has 1 aromatic heterocycles. The van der Waals surface area contributed by atoms with Crippen LogP contribution in [-0.4, -0.2) is 49.0 Å². The lowest BCUT2D eigenvalue weighted by molar-refractivity contribution is 0.0933. The lowest BCUT2D eigenvalue weighted by atomic mass is 10.1. The zero-order chi connectivity index (χ0) is 15.8. The predicted octanol–water partition coefficient (Wildman–Crippen LogP) is 2.51. The molecule has 0 aliphatic heterocycles. The first-order valence-electron chi connectivity index (χ1n) is 8.29. The van der Waals surface area contributed by atoms with Crippen LogP contribution in [0.1, 0.15) is 48.9 Å². The van der Waals surface area contributed by atoms with Crippen LogP contribution in [0.15, 0.2) is 18.5 Å². The topological polar surface area (TPSA) is 57.3 Å². The normalized spacial score (nSPS) is 16.3. The number of pyridine rings is 1. The van der Waals surface area contributed by atoms with E-state index in [4.69, 9.17) is 0 Å². The van der Waals surface area contributed by atoms with E-state index in [2.05, 4.69) is 20.5 Å². The third-order valence-electron chi connectivity index (χ3n) is 4.08. The van der Waals surface area contributed by atoms with Crippen LogP contribution < -0.4 is 10.6 Å². The van der Waals surface area contributed by atoms with Crippen molar-refractivity contribution in [1.29, 1.82) is 0 Å². The summed E-state index contributed by atoms with van der Waals surface area (Å²) in [6.07, 6.45) is 10.6. The van der Waals surface area contributed by atoms with Gasteiger partial charge >= 0.3 is 0 Å². The van der Waals surface area contributed by atoms with E-state index in [1.54, 1.807) is 12.4 Å². The van der Waals surface area contributed by atoms with E-state index in [9.17, 15) is 4.79 Å². The van der Waals surface area contributed by atoms with Gasteiger partial charge in [-0.1, -0.05) is 25.7 Å². The highest BCUT2D eigenvalue weighted by Gasteiger charge is 2.16. The molecular weight excluding hydrogens is 276 g/mol. The second-order valence-corrected chi connectivity index (χ2v) is 6.35. The van der Waals surface area contributed by atoms with Crippen molar-refractivity contribution in [2.24, 2.45) is 0 Å². The van der Waals surface area contributed by atoms with Gasteiger partial charge in [0.1, 0.15) is 0 Å². The van der Waals surface area contributed by atoms with Crippen LogP contribution in [-0.2, 0) is 0 Å². The summed E-state index contributed by atoms with van der Waals surface area (Å²) >= 11 is 0. The average molecular weight is 304 g/mol. The molecule has 1 aliphatic carbocycles. The minimum absolute atomic E-state index is 0.00402. The first kappa shape index (κ1) is 16.7. The Labute approximate surface area is 133 Å². The average Bonchev–Trinajstić information content (AvgIpc) is 2.76. The molecule has 0 radical (unpaired) electrons. The summed E-state index contributed by atoms with van der Waals surface area (Å²) in [5.74, 6) is -0.00402. The standard InChI is InChI=1S/C17H28N4O/c1-21(2)10-9-19-16-11-14(12-18-13-16)17(22)20-15-7-5-3-4-6-8-15/h11-13,15,19H,3-10H2,1-2H3,(H,20,22). The predicted molar refractivity (Wildman–Crippen MR) is 90.2 cm³/mol. The summed E-state index contributed by atoms with van der Waals surface area (Å²) < 4.78 is 0. The van der Waals surface area contributed by atoms with Crippen molar-refractivity contribution in [3.63, 3.8) is 0 Å². The summed E-state index contributed by atoms with van der Waals surface area (Å²) in [7, 11) is 4.08. The second-order valence-electron chi connectivity index (χ2n) is 6.35. The van der Waals surface area contributed by atoms with Crippen LogP contribution in [0.25, 0.3) is 0 Å². The number of hydrogen-bond donors (Lipinski definition) is 2. The number of carbonyl (C=O) groups is 1. The Morgan fingerprint density at radius 2 is 1.95 bits per heavy atom. The number of amides is 1. The van der Waals surface area contributed by atoms with Crippen LogP contribution in [0, 0.1) is 0 Å². The van der Waals surface area contributed by atoms with Crippen LogP contribution in [0.3, 0.4) is 0 Å². The number of aromatic nitrogens is 1. The monoisotopic (exact) mass is 304 g/mol. The lowest BCUT2D eigenvalue weighted by Crippen LogP contribution is -2.34. The highest BCUT2D eigenvalue weighted by Crippen LogP contribution is 2.18. The van der Waals surface area contributed by atoms with E-state index in [1.807, 2.05) is 20.2 Å². The van der Waals surface area contributed by atoms with Gasteiger partial charge < -0.3 is 15.5 Å². The van der Waals surface area contributed by atoms with Gasteiger partial charge in [-0.3, -0.25) is 9.78 Å². The molecular formula is C17H28N4O. The summed E-state index contributed by atoms with van der Waals surface area (Å²) in [6.45, 7) is 1.78. The Kier molecular flexibility index (Phi) is 6.65. The molecule has 0 saturated heterocycles. The van der Waals surface area contributed by atoms with Gasteiger partial charge in [-0.25, -0.2) is 0 Å². The molecule has 5 nitrogen and oxygen atoms in total. The minimum atomic E-state index is -0.00402. The lowest BCUT2D eigenvalue weighted by Gasteiger charge is -2.16. The zero-order valence-electron chi connectivity index (χ0n) is 13.8. The van der Waals surface area contributed by atoms with Crippen LogP contribution in [0.4, 0.5) is 5.69 Å². The molecule has 0 bridgehead atoms. The van der Waals surface area contributed by atoms with Crippen molar-refractivity contribution in [2.45, 2.75) is 44.6 Å². The smallest absolute Gasteiger partial charge is 0.253 e. The molecule has 0 atom stereocenters. The summed E-state index contributed by atoms with van der Waals surface area (Å²) in [4.78, 5) is 18.7. The zero-order valence-corrected chi connectivity index (χ0v) is 13.8. The maximum absolute atomic E-state index is 12.4. The number of likely N-dealkylation sites (N-methyl/N-ethyl adjacent to an activating group) is 1. The Morgan fingerprint density at radius 3 is 2.64 bits per heavy atom. The molecule has 1 amide bonds. The van der Waals surface area contributed by atoms with Crippen LogP contribution in [0.2, 0.25) is 0 Å². The van der Waals surface area contributed by atoms with Gasteiger partial charge in [-0.05, 0) is 33.0 Å². The minimum Gasteiger partial charge on any atom is -0.382 e. The highest BCUT2D eigenvalue weighted by atomic mass is 16.1. The number of hydrogen-bond acceptors (Lipinski definition) is 4. The third-order valence-corrected chi connectivity index (χ3v) is 4.08. The van der Waals surface area contributed by atoms with Crippen molar-refractivity contribution in [1.82, 2.24) is 15.2 Å². The molecule has 0 unspecified atom stereocenters. The van der Waals surface area contributed by atoms with E-state index < -0.39 is 0 Å². The molecule has 122 valence electrons. The molecule has 1 saturated carbocycles. The number of nitrogens with zero attached hydrogens (tertiary/aromatic N) is 2. The van der Waals surface area contributed by atoms with Crippen LogP contribution in [0.5, 0.6) is 0 Å². The SMILES string of the molecule is CN(C)CCNc1cncc(C(=O)NC2CCCCCC2)c1. The number of anilines is 1. The molecule has 2 N–H and O–H groups in total. The fraction of sp³-hybridized carbons (Fsp3) is 0.647. The fourth-order valence-electron chi connectivity index (χ4n) is 2.78. The Morgan fingerprint density at radius 1 is 1.23 bits per heavy atom. The molecule has 1 heterocycles. The van der Waals surface area contributed by atoms with E-state index in [0.29, 0.717) is 11.6 Å². The quantitative estimate of drug-likeness (QED) is 0.793.